The van der Waals surface area contributed by atoms with E-state index in [-0.39, 0.29) is 44.3 Å². The van der Waals surface area contributed by atoms with Crippen molar-refractivity contribution in [1.29, 1.82) is 0 Å². The molecule has 7 heteroatoms. The summed E-state index contributed by atoms with van der Waals surface area (Å²) >= 11 is 0. The van der Waals surface area contributed by atoms with Gasteiger partial charge in [-0.1, -0.05) is 0 Å². The van der Waals surface area contributed by atoms with Crippen molar-refractivity contribution in [3.8, 4) is 0 Å². The second-order valence-corrected chi connectivity index (χ2v) is 5.71. The van der Waals surface area contributed by atoms with E-state index in [4.69, 9.17) is 14.2 Å². The van der Waals surface area contributed by atoms with Gasteiger partial charge in [0.1, 0.15) is 12.4 Å². The first-order valence-corrected chi connectivity index (χ1v) is 6.75. The molecule has 0 aliphatic rings. The molecule has 0 heterocycles. The fourth-order valence-corrected chi connectivity index (χ4v) is 1.58. The minimum absolute atomic E-state index is 0.0697. The molecule has 0 aromatic rings. The summed E-state index contributed by atoms with van der Waals surface area (Å²) in [5.41, 5.74) is -0.546. The normalized spacial score (nSPS) is 13.1. The molecule has 0 bridgehead atoms. The molecule has 0 amide bonds. The molecule has 0 saturated carbocycles. The van der Waals surface area contributed by atoms with E-state index in [1.54, 1.807) is 32.7 Å². The predicted octanol–water partition coefficient (Wildman–Crippen LogP) is 0.812. The molecule has 0 aliphatic carbocycles. The van der Waals surface area contributed by atoms with Crippen LogP contribution in [0.1, 0.15) is 27.2 Å². The molecule has 124 valence electrons. The third kappa shape index (κ3) is 10.2. The zero-order chi connectivity index (χ0) is 16.5. The number of ether oxygens (including phenoxy) is 4. The zero-order valence-corrected chi connectivity index (χ0v) is 13.8. The molecule has 0 unspecified atom stereocenters. The maximum atomic E-state index is 11.9. The molecule has 0 saturated heterocycles. The molecule has 1 atom stereocenters. The van der Waals surface area contributed by atoms with Gasteiger partial charge >= 0.3 is 11.9 Å². The maximum absolute atomic E-state index is 11.9. The molecule has 0 aliphatic heterocycles. The van der Waals surface area contributed by atoms with Crippen LogP contribution in [0.15, 0.2) is 0 Å². The third-order valence-electron chi connectivity index (χ3n) is 2.56. The summed E-state index contributed by atoms with van der Waals surface area (Å²) in [6.07, 6.45) is 0.120. The maximum Gasteiger partial charge on any atom is 0.319 e. The standard InChI is InChI=1S/C14H27NO6/c1-14(2,3)21-12(16)7-11(9-20-10-18-5)15(4)8-13(17)19-6/h11H,7-10H2,1-6H3/t11-/m0/s1. The molecule has 0 spiro atoms. The predicted molar refractivity (Wildman–Crippen MR) is 76.7 cm³/mol. The number of carbonyl (C=O) groups excluding carboxylic acids is 2. The van der Waals surface area contributed by atoms with Gasteiger partial charge in [-0.3, -0.25) is 14.5 Å². The summed E-state index contributed by atoms with van der Waals surface area (Å²) in [4.78, 5) is 24.9. The summed E-state index contributed by atoms with van der Waals surface area (Å²) < 4.78 is 20.0. The van der Waals surface area contributed by atoms with Gasteiger partial charge in [0.15, 0.2) is 0 Å². The minimum atomic E-state index is -0.546. The second-order valence-electron chi connectivity index (χ2n) is 5.71. The highest BCUT2D eigenvalue weighted by atomic mass is 16.7. The third-order valence-corrected chi connectivity index (χ3v) is 2.56. The fraction of sp³-hybridized carbons (Fsp3) is 0.857. The summed E-state index contributed by atoms with van der Waals surface area (Å²) in [6.45, 7) is 5.86. The Kier molecular flexibility index (Phi) is 9.16. The van der Waals surface area contributed by atoms with Crippen LogP contribution >= 0.6 is 0 Å². The monoisotopic (exact) mass is 305 g/mol. The first-order valence-electron chi connectivity index (χ1n) is 6.75. The van der Waals surface area contributed by atoms with Crippen LogP contribution in [0, 0.1) is 0 Å². The summed E-state index contributed by atoms with van der Waals surface area (Å²) in [5, 5.41) is 0. The van der Waals surface area contributed by atoms with Gasteiger partial charge < -0.3 is 18.9 Å². The SMILES string of the molecule is COCOC[C@H](CC(=O)OC(C)(C)C)N(C)CC(=O)OC. The van der Waals surface area contributed by atoms with Gasteiger partial charge in [0.25, 0.3) is 0 Å². The minimum Gasteiger partial charge on any atom is -0.468 e. The Hall–Kier alpha value is -1.18. The van der Waals surface area contributed by atoms with Crippen molar-refractivity contribution in [2.75, 3.05) is 41.2 Å². The van der Waals surface area contributed by atoms with E-state index >= 15 is 0 Å². The van der Waals surface area contributed by atoms with Crippen molar-refractivity contribution < 1.29 is 28.5 Å². The smallest absolute Gasteiger partial charge is 0.319 e. The van der Waals surface area contributed by atoms with Crippen molar-refractivity contribution in [2.24, 2.45) is 0 Å². The van der Waals surface area contributed by atoms with E-state index in [0.717, 1.165) is 0 Å². The second kappa shape index (κ2) is 9.70. The Morgan fingerprint density at radius 3 is 2.24 bits per heavy atom. The number of carbonyl (C=O) groups is 2. The van der Waals surface area contributed by atoms with Crippen molar-refractivity contribution in [1.82, 2.24) is 4.90 Å². The van der Waals surface area contributed by atoms with Crippen molar-refractivity contribution in [2.45, 2.75) is 38.8 Å². The van der Waals surface area contributed by atoms with Gasteiger partial charge in [-0.15, -0.1) is 0 Å². The van der Waals surface area contributed by atoms with E-state index in [1.165, 1.54) is 14.2 Å². The highest BCUT2D eigenvalue weighted by Crippen LogP contribution is 2.12. The molecule has 7 nitrogen and oxygen atoms in total. The molecule has 0 fully saturated rings. The Balaban J connectivity index is 4.56. The summed E-state index contributed by atoms with van der Waals surface area (Å²) in [5.74, 6) is -0.719. The lowest BCUT2D eigenvalue weighted by Gasteiger charge is -2.28. The highest BCUT2D eigenvalue weighted by Gasteiger charge is 2.24. The quantitative estimate of drug-likeness (QED) is 0.354. The van der Waals surface area contributed by atoms with Gasteiger partial charge in [0, 0.05) is 13.2 Å². The van der Waals surface area contributed by atoms with Crippen molar-refractivity contribution in [3.63, 3.8) is 0 Å². The Labute approximate surface area is 126 Å². The lowest BCUT2D eigenvalue weighted by atomic mass is 10.1. The van der Waals surface area contributed by atoms with E-state index in [9.17, 15) is 9.59 Å². The number of methoxy groups -OCH3 is 2. The number of rotatable bonds is 9. The molecular weight excluding hydrogens is 278 g/mol. The molecular formula is C14H27NO6. The lowest BCUT2D eigenvalue weighted by molar-refractivity contribution is -0.158. The Bertz CT molecular complexity index is 326. The van der Waals surface area contributed by atoms with Crippen molar-refractivity contribution >= 4 is 11.9 Å². The largest absolute Gasteiger partial charge is 0.468 e. The molecule has 0 aromatic heterocycles. The average Bonchev–Trinajstić information content (AvgIpc) is 2.35. The van der Waals surface area contributed by atoms with E-state index < -0.39 is 5.60 Å². The summed E-state index contributed by atoms with van der Waals surface area (Å²) in [6, 6.07) is -0.297. The molecule has 0 radical (unpaired) electrons. The zero-order valence-electron chi connectivity index (χ0n) is 13.8. The van der Waals surface area contributed by atoms with Crippen LogP contribution in [0.25, 0.3) is 0 Å². The van der Waals surface area contributed by atoms with Crippen LogP contribution < -0.4 is 0 Å². The fourth-order valence-electron chi connectivity index (χ4n) is 1.58. The Morgan fingerprint density at radius 2 is 1.76 bits per heavy atom. The highest BCUT2D eigenvalue weighted by molar-refractivity contribution is 5.72. The van der Waals surface area contributed by atoms with Gasteiger partial charge in [-0.2, -0.15) is 0 Å². The number of likely N-dealkylation sites (N-methyl/N-ethyl adjacent to an activating group) is 1. The number of hydrogen-bond acceptors (Lipinski definition) is 7. The summed E-state index contributed by atoms with van der Waals surface area (Å²) in [7, 11) is 4.56. The number of nitrogens with zero attached hydrogens (tertiary/aromatic N) is 1. The first-order chi connectivity index (χ1) is 9.69. The lowest BCUT2D eigenvalue weighted by Crippen LogP contribution is -2.42. The average molecular weight is 305 g/mol. The van der Waals surface area contributed by atoms with Gasteiger partial charge in [0.05, 0.1) is 26.7 Å². The Morgan fingerprint density at radius 1 is 1.14 bits per heavy atom. The van der Waals surface area contributed by atoms with Crippen LogP contribution in [0.2, 0.25) is 0 Å². The van der Waals surface area contributed by atoms with Gasteiger partial charge in [0.2, 0.25) is 0 Å². The van der Waals surface area contributed by atoms with E-state index in [0.29, 0.717) is 0 Å². The van der Waals surface area contributed by atoms with Crippen LogP contribution in [0.5, 0.6) is 0 Å². The number of esters is 2. The first kappa shape index (κ1) is 19.8. The molecule has 0 N–H and O–H groups in total. The molecule has 0 aromatic carbocycles. The van der Waals surface area contributed by atoms with E-state index in [1.807, 2.05) is 0 Å². The molecule has 21 heavy (non-hydrogen) atoms. The van der Waals surface area contributed by atoms with Crippen LogP contribution in [-0.4, -0.2) is 69.7 Å². The van der Waals surface area contributed by atoms with Gasteiger partial charge in [-0.05, 0) is 27.8 Å². The van der Waals surface area contributed by atoms with Crippen LogP contribution in [0.3, 0.4) is 0 Å². The van der Waals surface area contributed by atoms with Crippen LogP contribution in [-0.2, 0) is 28.5 Å². The van der Waals surface area contributed by atoms with Crippen molar-refractivity contribution in [3.05, 3.63) is 0 Å². The van der Waals surface area contributed by atoms with E-state index in [2.05, 4.69) is 4.74 Å². The number of hydrogen-bond donors (Lipinski definition) is 0. The van der Waals surface area contributed by atoms with Gasteiger partial charge in [-0.25, -0.2) is 0 Å². The molecule has 0 rings (SSSR count). The van der Waals surface area contributed by atoms with Crippen LogP contribution in [0.4, 0.5) is 0 Å². The topological polar surface area (TPSA) is 74.3 Å².